The van der Waals surface area contributed by atoms with Gasteiger partial charge in [0.25, 0.3) is 0 Å². The average molecular weight is 88.1 g/mol. The van der Waals surface area contributed by atoms with Crippen molar-refractivity contribution in [3.63, 3.8) is 0 Å². The summed E-state index contributed by atoms with van der Waals surface area (Å²) in [4.78, 5) is 18.7. The first kappa shape index (κ1) is 4.94. The molecule has 0 aromatic carbocycles. The second-order valence-corrected chi connectivity index (χ2v) is 0.626. The van der Waals surface area contributed by atoms with Crippen molar-refractivity contribution in [3.8, 4) is 0 Å². The Morgan fingerprint density at radius 2 is 2.33 bits per heavy atom. The van der Waals surface area contributed by atoms with Crippen LogP contribution < -0.4 is 11.1 Å². The van der Waals surface area contributed by atoms with Crippen LogP contribution in [0, 0.1) is 0 Å². The SMILES string of the molecule is NC(=O)NC=O. The highest BCUT2D eigenvalue weighted by atomic mass is 16.2. The molecule has 0 fully saturated rings. The van der Waals surface area contributed by atoms with Crippen LogP contribution in [0.25, 0.3) is 0 Å². The lowest BCUT2D eigenvalue weighted by Gasteiger charge is -1.79. The van der Waals surface area contributed by atoms with Crippen LogP contribution in [0.1, 0.15) is 0 Å². The molecular formula is C2H4N2O2. The summed E-state index contributed by atoms with van der Waals surface area (Å²) in [5.41, 5.74) is 4.42. The predicted octanol–water partition coefficient (Wildman–Crippen LogP) is -1.19. The van der Waals surface area contributed by atoms with Crippen molar-refractivity contribution in [2.75, 3.05) is 0 Å². The van der Waals surface area contributed by atoms with E-state index >= 15 is 0 Å². The van der Waals surface area contributed by atoms with Crippen molar-refractivity contribution in [2.24, 2.45) is 5.73 Å². The molecule has 0 saturated heterocycles. The Labute approximate surface area is 34.3 Å². The molecule has 0 spiro atoms. The number of urea groups is 1. The van der Waals surface area contributed by atoms with Gasteiger partial charge in [-0.05, 0) is 0 Å². The maximum absolute atomic E-state index is 9.48. The van der Waals surface area contributed by atoms with Gasteiger partial charge in [-0.1, -0.05) is 0 Å². The van der Waals surface area contributed by atoms with E-state index in [1.54, 1.807) is 5.32 Å². The quantitative estimate of drug-likeness (QED) is 0.395. The lowest BCUT2D eigenvalue weighted by Crippen LogP contribution is -2.27. The van der Waals surface area contributed by atoms with Gasteiger partial charge in [0.2, 0.25) is 6.41 Å². The Bertz CT molecular complexity index is 69.9. The molecule has 0 radical (unpaired) electrons. The number of imide groups is 1. The number of primary amides is 1. The van der Waals surface area contributed by atoms with Crippen LogP contribution >= 0.6 is 0 Å². The molecule has 6 heavy (non-hydrogen) atoms. The third-order valence-electron chi connectivity index (χ3n) is 0.201. The summed E-state index contributed by atoms with van der Waals surface area (Å²) >= 11 is 0. The number of carbonyl (C=O) groups excluding carboxylic acids is 2. The monoisotopic (exact) mass is 88.0 g/mol. The first-order valence-corrected chi connectivity index (χ1v) is 1.27. The minimum absolute atomic E-state index is 0.225. The van der Waals surface area contributed by atoms with Crippen LogP contribution in [0.15, 0.2) is 0 Å². The maximum Gasteiger partial charge on any atom is 0.318 e. The van der Waals surface area contributed by atoms with Crippen LogP contribution in [0.5, 0.6) is 0 Å². The van der Waals surface area contributed by atoms with E-state index in [1.165, 1.54) is 0 Å². The highest BCUT2D eigenvalue weighted by Crippen LogP contribution is 1.41. The average Bonchev–Trinajstić information content (AvgIpc) is 1.35. The minimum atomic E-state index is -0.829. The van der Waals surface area contributed by atoms with Crippen LogP contribution in [-0.2, 0) is 4.79 Å². The molecule has 0 aromatic rings. The van der Waals surface area contributed by atoms with Gasteiger partial charge < -0.3 is 5.73 Å². The highest BCUT2D eigenvalue weighted by Gasteiger charge is 1.79. The maximum atomic E-state index is 9.48. The number of rotatable bonds is 1. The first-order chi connectivity index (χ1) is 2.77. The number of nitrogens with two attached hydrogens (primary N) is 1. The van der Waals surface area contributed by atoms with Crippen molar-refractivity contribution in [1.29, 1.82) is 0 Å². The summed E-state index contributed by atoms with van der Waals surface area (Å²) in [6, 6.07) is -0.829. The Morgan fingerprint density at radius 1 is 1.83 bits per heavy atom. The zero-order valence-electron chi connectivity index (χ0n) is 2.97. The van der Waals surface area contributed by atoms with Gasteiger partial charge in [0, 0.05) is 0 Å². The number of nitrogens with one attached hydrogen (secondary N) is 1. The van der Waals surface area contributed by atoms with E-state index < -0.39 is 6.03 Å². The van der Waals surface area contributed by atoms with Gasteiger partial charge in [-0.2, -0.15) is 0 Å². The summed E-state index contributed by atoms with van der Waals surface area (Å²) in [5, 5.41) is 1.67. The van der Waals surface area contributed by atoms with Crippen LogP contribution in [0.3, 0.4) is 0 Å². The van der Waals surface area contributed by atoms with E-state index in [0.29, 0.717) is 0 Å². The molecule has 0 rings (SSSR count). The van der Waals surface area contributed by atoms with Gasteiger partial charge in [-0.25, -0.2) is 4.79 Å². The molecule has 0 saturated carbocycles. The van der Waals surface area contributed by atoms with Crippen molar-refractivity contribution < 1.29 is 9.59 Å². The molecule has 0 aliphatic carbocycles. The molecule has 0 aromatic heterocycles. The molecule has 4 nitrogen and oxygen atoms in total. The highest BCUT2D eigenvalue weighted by molar-refractivity contribution is 5.82. The van der Waals surface area contributed by atoms with Gasteiger partial charge in [-0.3, -0.25) is 10.1 Å². The van der Waals surface area contributed by atoms with Gasteiger partial charge in [-0.15, -0.1) is 0 Å². The smallest absolute Gasteiger partial charge is 0.318 e. The topological polar surface area (TPSA) is 72.2 Å². The second kappa shape index (κ2) is 2.19. The summed E-state index contributed by atoms with van der Waals surface area (Å²) in [6.07, 6.45) is 0.225. The van der Waals surface area contributed by atoms with Gasteiger partial charge in [0.15, 0.2) is 0 Å². The van der Waals surface area contributed by atoms with Crippen molar-refractivity contribution in [1.82, 2.24) is 5.32 Å². The molecule has 0 atom stereocenters. The van der Waals surface area contributed by atoms with Crippen molar-refractivity contribution in [2.45, 2.75) is 0 Å². The summed E-state index contributed by atoms with van der Waals surface area (Å²) in [7, 11) is 0. The zero-order chi connectivity index (χ0) is 4.99. The third kappa shape index (κ3) is 2.94. The Morgan fingerprint density at radius 3 is 2.33 bits per heavy atom. The van der Waals surface area contributed by atoms with Gasteiger partial charge in [0.1, 0.15) is 0 Å². The molecule has 0 aliphatic heterocycles. The Balaban J connectivity index is 3.05. The fourth-order valence-electron chi connectivity index (χ4n) is 0.0581. The number of hydrogen-bond donors (Lipinski definition) is 2. The van der Waals surface area contributed by atoms with Crippen LogP contribution in [0.4, 0.5) is 4.79 Å². The van der Waals surface area contributed by atoms with E-state index in [9.17, 15) is 9.59 Å². The third-order valence-corrected chi connectivity index (χ3v) is 0.201. The van der Waals surface area contributed by atoms with Crippen molar-refractivity contribution >= 4 is 12.4 Å². The summed E-state index contributed by atoms with van der Waals surface area (Å²) in [6.45, 7) is 0. The second-order valence-electron chi connectivity index (χ2n) is 0.626. The molecule has 3 amide bonds. The number of hydrogen-bond acceptors (Lipinski definition) is 2. The fourth-order valence-corrected chi connectivity index (χ4v) is 0.0581. The molecule has 34 valence electrons. The standard InChI is InChI=1S/C2H4N2O2/c3-2(6)4-1-5/h1H,(H3,3,4,5,6). The Hall–Kier alpha value is -1.06. The molecule has 0 heterocycles. The lowest BCUT2D eigenvalue weighted by molar-refractivity contribution is -0.108. The van der Waals surface area contributed by atoms with E-state index in [0.717, 1.165) is 0 Å². The number of amides is 3. The van der Waals surface area contributed by atoms with Gasteiger partial charge >= 0.3 is 6.03 Å². The molecule has 0 unspecified atom stereocenters. The largest absolute Gasteiger partial charge is 0.351 e. The molecule has 0 bridgehead atoms. The summed E-state index contributed by atoms with van der Waals surface area (Å²) in [5.74, 6) is 0. The molecule has 0 aliphatic rings. The van der Waals surface area contributed by atoms with Gasteiger partial charge in [0.05, 0.1) is 0 Å². The van der Waals surface area contributed by atoms with E-state index in [1.807, 2.05) is 0 Å². The van der Waals surface area contributed by atoms with E-state index in [4.69, 9.17) is 0 Å². The lowest BCUT2D eigenvalue weighted by atomic mass is 11.0. The normalized spacial score (nSPS) is 6.67. The van der Waals surface area contributed by atoms with E-state index in [-0.39, 0.29) is 6.41 Å². The molecule has 3 N–H and O–H groups in total. The first-order valence-electron chi connectivity index (χ1n) is 1.27. The van der Waals surface area contributed by atoms with E-state index in [2.05, 4.69) is 5.73 Å². The summed E-state index contributed by atoms with van der Waals surface area (Å²) < 4.78 is 0. The Kier molecular flexibility index (Phi) is 1.81. The van der Waals surface area contributed by atoms with Crippen molar-refractivity contribution in [3.05, 3.63) is 0 Å². The zero-order valence-corrected chi connectivity index (χ0v) is 2.97. The number of carbonyl (C=O) groups is 2. The molecular weight excluding hydrogens is 84.0 g/mol. The molecule has 4 heteroatoms. The van der Waals surface area contributed by atoms with Crippen LogP contribution in [0.2, 0.25) is 0 Å². The minimum Gasteiger partial charge on any atom is -0.351 e. The fraction of sp³-hybridized carbons (Fsp3) is 0. The predicted molar refractivity (Wildman–Crippen MR) is 18.8 cm³/mol. The van der Waals surface area contributed by atoms with Crippen LogP contribution in [-0.4, -0.2) is 12.4 Å².